The van der Waals surface area contributed by atoms with Crippen molar-refractivity contribution in [1.29, 1.82) is 0 Å². The van der Waals surface area contributed by atoms with Gasteiger partial charge in [-0.2, -0.15) is 0 Å². The lowest BCUT2D eigenvalue weighted by Gasteiger charge is -2.01. The first-order valence-corrected chi connectivity index (χ1v) is 9.97. The number of aromatic nitrogens is 2. The molecule has 0 aliphatic rings. The lowest BCUT2D eigenvalue weighted by molar-refractivity contribution is -0.687. The third-order valence-corrected chi connectivity index (χ3v) is 4.72. The van der Waals surface area contributed by atoms with Gasteiger partial charge in [0.2, 0.25) is 6.33 Å². The largest absolute Gasteiger partial charge is 1.00 e. The number of unbranched alkanes of at least 4 members (excludes halogenated alkanes) is 9. The van der Waals surface area contributed by atoms with Crippen LogP contribution in [-0.2, 0) is 13.1 Å². The van der Waals surface area contributed by atoms with E-state index in [4.69, 9.17) is 0 Å². The maximum Gasteiger partial charge on any atom is 0.244 e. The van der Waals surface area contributed by atoms with Gasteiger partial charge in [-0.3, -0.25) is 0 Å². The summed E-state index contributed by atoms with van der Waals surface area (Å²) in [5.74, 6) is 0. The molecule has 2 nitrogen and oxygen atoms in total. The SMILES string of the molecule is CCCCCCCCCCCCn1cc[n+](Cc2ccccc2)c1.[Cl-]. The van der Waals surface area contributed by atoms with E-state index < -0.39 is 0 Å². The summed E-state index contributed by atoms with van der Waals surface area (Å²) in [4.78, 5) is 0. The summed E-state index contributed by atoms with van der Waals surface area (Å²) in [6.07, 6.45) is 20.6. The molecule has 0 aliphatic carbocycles. The number of benzene rings is 1. The summed E-state index contributed by atoms with van der Waals surface area (Å²) in [7, 11) is 0. The summed E-state index contributed by atoms with van der Waals surface area (Å²) < 4.78 is 4.60. The van der Waals surface area contributed by atoms with Crippen molar-refractivity contribution in [2.75, 3.05) is 0 Å². The topological polar surface area (TPSA) is 8.81 Å². The maximum atomic E-state index is 2.33. The molecule has 0 bridgehead atoms. The molecule has 0 atom stereocenters. The van der Waals surface area contributed by atoms with Gasteiger partial charge in [-0.15, -0.1) is 0 Å². The molecule has 0 saturated heterocycles. The van der Waals surface area contributed by atoms with E-state index in [9.17, 15) is 0 Å². The molecule has 140 valence electrons. The molecule has 0 unspecified atom stereocenters. The Hall–Kier alpha value is -1.28. The summed E-state index contributed by atoms with van der Waals surface area (Å²) in [5, 5.41) is 0. The average Bonchev–Trinajstić information content (AvgIpc) is 3.05. The highest BCUT2D eigenvalue weighted by atomic mass is 35.5. The van der Waals surface area contributed by atoms with E-state index in [0.29, 0.717) is 0 Å². The molecule has 0 fully saturated rings. The number of nitrogens with zero attached hydrogens (tertiary/aromatic N) is 2. The molecular formula is C22H35ClN2. The number of hydrogen-bond acceptors (Lipinski definition) is 0. The first-order chi connectivity index (χ1) is 11.9. The van der Waals surface area contributed by atoms with Crippen LogP contribution in [-0.4, -0.2) is 4.57 Å². The number of aryl methyl sites for hydroxylation is 1. The Bertz CT molecular complexity index is 536. The Morgan fingerprint density at radius 3 is 2.04 bits per heavy atom. The highest BCUT2D eigenvalue weighted by Gasteiger charge is 2.04. The number of hydrogen-bond donors (Lipinski definition) is 0. The molecule has 1 aromatic heterocycles. The second-order valence-electron chi connectivity index (χ2n) is 6.99. The summed E-state index contributed by atoms with van der Waals surface area (Å²) >= 11 is 0. The van der Waals surface area contributed by atoms with Crippen molar-refractivity contribution in [3.8, 4) is 0 Å². The van der Waals surface area contributed by atoms with E-state index in [2.05, 4.69) is 65.1 Å². The molecule has 1 aromatic carbocycles. The molecule has 0 aliphatic heterocycles. The zero-order valence-electron chi connectivity index (χ0n) is 15.9. The smallest absolute Gasteiger partial charge is 0.244 e. The first-order valence-electron chi connectivity index (χ1n) is 9.97. The molecule has 3 heteroatoms. The monoisotopic (exact) mass is 362 g/mol. The van der Waals surface area contributed by atoms with Gasteiger partial charge in [0.15, 0.2) is 0 Å². The lowest BCUT2D eigenvalue weighted by atomic mass is 10.1. The van der Waals surface area contributed by atoms with Gasteiger partial charge in [0.1, 0.15) is 18.9 Å². The number of halogens is 1. The van der Waals surface area contributed by atoms with Crippen LogP contribution in [0.3, 0.4) is 0 Å². The Morgan fingerprint density at radius 1 is 0.800 bits per heavy atom. The third-order valence-electron chi connectivity index (χ3n) is 4.72. The van der Waals surface area contributed by atoms with Crippen molar-refractivity contribution in [3.05, 3.63) is 54.6 Å². The Balaban J connectivity index is 0.00000312. The minimum atomic E-state index is 0. The second-order valence-corrected chi connectivity index (χ2v) is 6.99. The van der Waals surface area contributed by atoms with Crippen molar-refractivity contribution < 1.29 is 17.0 Å². The Labute approximate surface area is 160 Å². The highest BCUT2D eigenvalue weighted by molar-refractivity contribution is 5.13. The normalized spacial score (nSPS) is 10.6. The predicted molar refractivity (Wildman–Crippen MR) is 102 cm³/mol. The quantitative estimate of drug-likeness (QED) is 0.382. The minimum absolute atomic E-state index is 0. The minimum Gasteiger partial charge on any atom is -1.00 e. The highest BCUT2D eigenvalue weighted by Crippen LogP contribution is 2.10. The van der Waals surface area contributed by atoms with E-state index in [-0.39, 0.29) is 12.4 Å². The zero-order valence-corrected chi connectivity index (χ0v) is 16.6. The number of imidazole rings is 1. The van der Waals surface area contributed by atoms with E-state index in [1.54, 1.807) is 0 Å². The molecule has 0 spiro atoms. The van der Waals surface area contributed by atoms with Crippen molar-refractivity contribution in [1.82, 2.24) is 4.57 Å². The summed E-state index contributed by atoms with van der Waals surface area (Å²) in [6, 6.07) is 10.7. The van der Waals surface area contributed by atoms with Crippen LogP contribution in [0.4, 0.5) is 0 Å². The molecular weight excluding hydrogens is 328 g/mol. The van der Waals surface area contributed by atoms with Gasteiger partial charge in [-0.1, -0.05) is 88.6 Å². The lowest BCUT2D eigenvalue weighted by Crippen LogP contribution is -3.00. The van der Waals surface area contributed by atoms with Crippen LogP contribution in [0.1, 0.15) is 76.7 Å². The molecule has 2 aromatic rings. The van der Waals surface area contributed by atoms with Gasteiger partial charge in [0, 0.05) is 0 Å². The van der Waals surface area contributed by atoms with Crippen LogP contribution in [0.2, 0.25) is 0 Å². The summed E-state index contributed by atoms with van der Waals surface area (Å²) in [5.41, 5.74) is 1.36. The van der Waals surface area contributed by atoms with Crippen LogP contribution < -0.4 is 17.0 Å². The Morgan fingerprint density at radius 2 is 1.40 bits per heavy atom. The standard InChI is InChI=1S/C22H35N2.ClH/c1-2-3-4-5-6-7-8-9-10-14-17-23-18-19-24(21-23)20-22-15-12-11-13-16-22;/h11-13,15-16,18-19,21H,2-10,14,17,20H2,1H3;1H/q+1;/p-1. The van der Waals surface area contributed by atoms with Crippen LogP contribution in [0.25, 0.3) is 0 Å². The van der Waals surface area contributed by atoms with Crippen molar-refractivity contribution >= 4 is 0 Å². The molecule has 0 saturated carbocycles. The zero-order chi connectivity index (χ0) is 16.9. The van der Waals surface area contributed by atoms with Gasteiger partial charge < -0.3 is 12.4 Å². The van der Waals surface area contributed by atoms with Gasteiger partial charge >= 0.3 is 0 Å². The van der Waals surface area contributed by atoms with E-state index >= 15 is 0 Å². The van der Waals surface area contributed by atoms with Gasteiger partial charge in [-0.05, 0) is 18.4 Å². The third kappa shape index (κ3) is 9.69. The fourth-order valence-corrected chi connectivity index (χ4v) is 3.24. The van der Waals surface area contributed by atoms with Gasteiger partial charge in [-0.25, -0.2) is 9.13 Å². The fourth-order valence-electron chi connectivity index (χ4n) is 3.24. The molecule has 1 heterocycles. The molecule has 2 rings (SSSR count). The molecule has 25 heavy (non-hydrogen) atoms. The van der Waals surface area contributed by atoms with E-state index in [1.165, 1.54) is 69.8 Å². The Kier molecular flexibility index (Phi) is 12.1. The second kappa shape index (κ2) is 13.9. The molecule has 0 radical (unpaired) electrons. The maximum absolute atomic E-state index is 2.33. The average molecular weight is 363 g/mol. The first kappa shape index (κ1) is 21.8. The van der Waals surface area contributed by atoms with Crippen molar-refractivity contribution in [2.45, 2.75) is 84.2 Å². The van der Waals surface area contributed by atoms with Crippen LogP contribution in [0.5, 0.6) is 0 Å². The number of rotatable bonds is 13. The van der Waals surface area contributed by atoms with Crippen LogP contribution >= 0.6 is 0 Å². The predicted octanol–water partition coefficient (Wildman–Crippen LogP) is 2.75. The van der Waals surface area contributed by atoms with Crippen LogP contribution in [0, 0.1) is 0 Å². The van der Waals surface area contributed by atoms with Gasteiger partial charge in [0.05, 0.1) is 6.54 Å². The summed E-state index contributed by atoms with van der Waals surface area (Å²) in [6.45, 7) is 4.40. The fraction of sp³-hybridized carbons (Fsp3) is 0.591. The molecule has 0 amide bonds. The van der Waals surface area contributed by atoms with E-state index in [1.807, 2.05) is 0 Å². The van der Waals surface area contributed by atoms with Crippen molar-refractivity contribution in [3.63, 3.8) is 0 Å². The van der Waals surface area contributed by atoms with E-state index in [0.717, 1.165) is 13.1 Å². The van der Waals surface area contributed by atoms with Gasteiger partial charge in [0.25, 0.3) is 0 Å². The van der Waals surface area contributed by atoms with Crippen molar-refractivity contribution in [2.24, 2.45) is 0 Å². The molecule has 0 N–H and O–H groups in total. The van der Waals surface area contributed by atoms with Crippen LogP contribution in [0.15, 0.2) is 49.1 Å².